The fraction of sp³-hybridized carbons (Fsp3) is 0. The minimum absolute atomic E-state index is 0.0345. The molecule has 0 amide bonds. The Morgan fingerprint density at radius 3 is 2.14 bits per heavy atom. The molecule has 0 N–H and O–H groups in total. The van der Waals surface area contributed by atoms with E-state index in [4.69, 9.17) is 0 Å². The second kappa shape index (κ2) is 6.84. The van der Waals surface area contributed by atoms with Crippen molar-refractivity contribution in [1.82, 2.24) is 0 Å². The number of benzene rings is 1. The first-order valence-electron chi connectivity index (χ1n) is 6.13. The molecule has 0 aromatic heterocycles. The van der Waals surface area contributed by atoms with Gasteiger partial charge < -0.3 is 0 Å². The van der Waals surface area contributed by atoms with Gasteiger partial charge in [-0.3, -0.25) is 20.2 Å². The van der Waals surface area contributed by atoms with Crippen molar-refractivity contribution >= 4 is 11.4 Å². The maximum absolute atomic E-state index is 10.7. The Hall–Kier alpha value is -3.42. The Balaban J connectivity index is 2.18. The van der Waals surface area contributed by atoms with Crippen LogP contribution in [0.5, 0.6) is 0 Å². The summed E-state index contributed by atoms with van der Waals surface area (Å²) in [6.45, 7) is 0. The number of hydrogen-bond acceptors (Lipinski definition) is 6. The number of azo groups is 1. The van der Waals surface area contributed by atoms with Crippen molar-refractivity contribution in [3.63, 3.8) is 0 Å². The zero-order valence-electron chi connectivity index (χ0n) is 11.2. The van der Waals surface area contributed by atoms with Gasteiger partial charge >= 0.3 is 0 Å². The van der Waals surface area contributed by atoms with Crippen LogP contribution in [0, 0.1) is 20.2 Å². The summed E-state index contributed by atoms with van der Waals surface area (Å²) in [6.07, 6.45) is 8.94. The molecule has 1 aromatic carbocycles. The molecule has 0 saturated carbocycles. The Morgan fingerprint density at radius 1 is 0.818 bits per heavy atom. The first kappa shape index (κ1) is 15.0. The van der Waals surface area contributed by atoms with E-state index >= 15 is 0 Å². The highest BCUT2D eigenvalue weighted by Crippen LogP contribution is 2.19. The third-order valence-corrected chi connectivity index (χ3v) is 2.62. The number of nitro benzene ring substituents is 1. The summed E-state index contributed by atoms with van der Waals surface area (Å²) in [5, 5.41) is 29.1. The van der Waals surface area contributed by atoms with E-state index in [1.807, 2.05) is 0 Å². The van der Waals surface area contributed by atoms with Crippen LogP contribution in [0.3, 0.4) is 0 Å². The molecule has 8 heteroatoms. The molecule has 0 aliphatic heterocycles. The maximum atomic E-state index is 10.7. The Bertz CT molecular complexity index is 743. The van der Waals surface area contributed by atoms with E-state index in [1.54, 1.807) is 12.2 Å². The lowest BCUT2D eigenvalue weighted by Crippen LogP contribution is -1.95. The van der Waals surface area contributed by atoms with Gasteiger partial charge in [0.05, 0.1) is 21.2 Å². The predicted molar refractivity (Wildman–Crippen MR) is 79.1 cm³/mol. The second-order valence-electron chi connectivity index (χ2n) is 4.13. The Labute approximate surface area is 124 Å². The largest absolute Gasteiger partial charge is 0.269 e. The van der Waals surface area contributed by atoms with Crippen molar-refractivity contribution in [3.8, 4) is 0 Å². The molecule has 110 valence electrons. The third kappa shape index (κ3) is 4.04. The molecule has 0 spiro atoms. The number of non-ortho nitro benzene ring substituents is 1. The van der Waals surface area contributed by atoms with E-state index in [-0.39, 0.29) is 11.4 Å². The number of hydrogen-bond donors (Lipinski definition) is 0. The zero-order valence-corrected chi connectivity index (χ0v) is 11.2. The molecular weight excluding hydrogens is 288 g/mol. The van der Waals surface area contributed by atoms with Gasteiger partial charge in [-0.05, 0) is 24.3 Å². The summed E-state index contributed by atoms with van der Waals surface area (Å²) < 4.78 is 0. The van der Waals surface area contributed by atoms with Gasteiger partial charge in [-0.1, -0.05) is 12.2 Å². The van der Waals surface area contributed by atoms with E-state index < -0.39 is 9.85 Å². The van der Waals surface area contributed by atoms with Gasteiger partial charge in [0.2, 0.25) is 0 Å². The van der Waals surface area contributed by atoms with Crippen molar-refractivity contribution < 1.29 is 9.85 Å². The summed E-state index contributed by atoms with van der Waals surface area (Å²) in [7, 11) is 0. The summed E-state index contributed by atoms with van der Waals surface area (Å²) >= 11 is 0. The van der Waals surface area contributed by atoms with Gasteiger partial charge in [-0.2, -0.15) is 10.2 Å². The molecule has 1 aliphatic rings. The summed E-state index contributed by atoms with van der Waals surface area (Å²) in [6, 6.07) is 5.58. The third-order valence-electron chi connectivity index (χ3n) is 2.62. The van der Waals surface area contributed by atoms with E-state index in [1.165, 1.54) is 48.6 Å². The molecule has 22 heavy (non-hydrogen) atoms. The highest BCUT2D eigenvalue weighted by molar-refractivity contribution is 5.44. The van der Waals surface area contributed by atoms with E-state index in [0.717, 1.165) is 0 Å². The zero-order chi connectivity index (χ0) is 15.9. The average molecular weight is 298 g/mol. The van der Waals surface area contributed by atoms with Crippen LogP contribution in [-0.4, -0.2) is 9.85 Å². The van der Waals surface area contributed by atoms with Crippen molar-refractivity contribution in [2.75, 3.05) is 0 Å². The molecule has 0 radical (unpaired) electrons. The van der Waals surface area contributed by atoms with Crippen LogP contribution >= 0.6 is 0 Å². The van der Waals surface area contributed by atoms with E-state index in [9.17, 15) is 20.2 Å². The Kier molecular flexibility index (Phi) is 4.66. The number of nitro groups is 2. The van der Waals surface area contributed by atoms with Crippen molar-refractivity contribution in [2.45, 2.75) is 0 Å². The highest BCUT2D eigenvalue weighted by atomic mass is 16.6. The van der Waals surface area contributed by atoms with Gasteiger partial charge in [0.25, 0.3) is 11.4 Å². The molecule has 0 heterocycles. The first-order valence-corrected chi connectivity index (χ1v) is 6.13. The molecule has 1 aromatic rings. The first-order chi connectivity index (χ1) is 10.6. The lowest BCUT2D eigenvalue weighted by Gasteiger charge is -1.95. The second-order valence-corrected chi connectivity index (χ2v) is 4.13. The maximum Gasteiger partial charge on any atom is 0.269 e. The van der Waals surface area contributed by atoms with Crippen LogP contribution in [0.1, 0.15) is 0 Å². The number of rotatable bonds is 4. The van der Waals surface area contributed by atoms with Gasteiger partial charge in [0.1, 0.15) is 0 Å². The summed E-state index contributed by atoms with van der Waals surface area (Å²) in [5.74, 6) is 0. The lowest BCUT2D eigenvalue weighted by atomic mass is 10.2. The minimum Gasteiger partial charge on any atom is -0.258 e. The molecule has 1 aliphatic carbocycles. The normalized spacial score (nSPS) is 21.8. The quantitative estimate of drug-likeness (QED) is 0.477. The minimum atomic E-state index is -0.503. The van der Waals surface area contributed by atoms with Crippen LogP contribution in [0.15, 0.2) is 82.3 Å². The molecule has 0 atom stereocenters. The van der Waals surface area contributed by atoms with Crippen LogP contribution in [-0.2, 0) is 0 Å². The highest BCUT2D eigenvalue weighted by Gasteiger charge is 2.05. The summed E-state index contributed by atoms with van der Waals surface area (Å²) in [4.78, 5) is 20.2. The topological polar surface area (TPSA) is 111 Å². The molecule has 2 rings (SSSR count). The van der Waals surface area contributed by atoms with Gasteiger partial charge in [-0.15, -0.1) is 0 Å². The fourth-order valence-corrected chi connectivity index (χ4v) is 1.54. The van der Waals surface area contributed by atoms with Gasteiger partial charge in [0, 0.05) is 24.3 Å². The Morgan fingerprint density at radius 2 is 1.50 bits per heavy atom. The van der Waals surface area contributed by atoms with Crippen molar-refractivity contribution in [3.05, 3.63) is 92.3 Å². The molecule has 0 saturated heterocycles. The van der Waals surface area contributed by atoms with Crippen LogP contribution in [0.2, 0.25) is 0 Å². The van der Waals surface area contributed by atoms with Crippen LogP contribution in [0.25, 0.3) is 0 Å². The standard InChI is InChI=1S/C14H10N4O4/c19-17(20)13-4-2-1-3-11(5-8-13)15-16-12-6-9-14(10-7-12)18(21)22/h1-10H/b2-1?,3-1-,4-2-,8-5?,11-3?,11-5+,13-4?,13-8+,16-15?. The van der Waals surface area contributed by atoms with E-state index in [2.05, 4.69) is 10.2 Å². The van der Waals surface area contributed by atoms with Gasteiger partial charge in [0.15, 0.2) is 0 Å². The molecule has 0 fully saturated rings. The van der Waals surface area contributed by atoms with Crippen LogP contribution in [0.4, 0.5) is 11.4 Å². The fourth-order valence-electron chi connectivity index (χ4n) is 1.54. The molecule has 0 unspecified atom stereocenters. The summed E-state index contributed by atoms with van der Waals surface area (Å²) in [5.41, 5.74) is 0.762. The predicted octanol–water partition coefficient (Wildman–Crippen LogP) is 3.85. The number of allylic oxidation sites excluding steroid dienone is 6. The monoisotopic (exact) mass is 298 g/mol. The van der Waals surface area contributed by atoms with Crippen LogP contribution < -0.4 is 0 Å². The van der Waals surface area contributed by atoms with E-state index in [0.29, 0.717) is 11.4 Å². The number of nitrogens with zero attached hydrogens (tertiary/aromatic N) is 4. The average Bonchev–Trinajstić information content (AvgIpc) is 2.46. The van der Waals surface area contributed by atoms with Gasteiger partial charge in [-0.25, -0.2) is 0 Å². The molecular formula is C14H10N4O4. The van der Waals surface area contributed by atoms with Crippen molar-refractivity contribution in [1.29, 1.82) is 0 Å². The molecule has 0 bridgehead atoms. The lowest BCUT2D eigenvalue weighted by molar-refractivity contribution is -0.419. The molecule has 8 nitrogen and oxygen atoms in total. The smallest absolute Gasteiger partial charge is 0.258 e. The SMILES string of the molecule is O=[N+]([O-])C1=C/C=C(N=Nc2ccc([N+](=O)[O-])cc2)\C=C/C=C\1. The van der Waals surface area contributed by atoms with Crippen molar-refractivity contribution in [2.24, 2.45) is 10.2 Å².